The van der Waals surface area contributed by atoms with Crippen molar-refractivity contribution in [2.75, 3.05) is 31.2 Å². The summed E-state index contributed by atoms with van der Waals surface area (Å²) >= 11 is 0. The van der Waals surface area contributed by atoms with Crippen LogP contribution in [0.15, 0.2) is 49.6 Å². The second-order valence-electron chi connectivity index (χ2n) is 13.0. The predicted octanol–water partition coefficient (Wildman–Crippen LogP) is 4.59. The summed E-state index contributed by atoms with van der Waals surface area (Å²) in [5.41, 5.74) is -1.46. The van der Waals surface area contributed by atoms with Gasteiger partial charge >= 0.3 is 0 Å². The van der Waals surface area contributed by atoms with Crippen LogP contribution in [0.3, 0.4) is 0 Å². The topological polar surface area (TPSA) is 99.6 Å². The number of anilines is 1. The van der Waals surface area contributed by atoms with Crippen LogP contribution < -0.4 is 9.64 Å². The van der Waals surface area contributed by atoms with Gasteiger partial charge in [0.05, 0.1) is 36.7 Å². The van der Waals surface area contributed by atoms with E-state index in [0.29, 0.717) is 37.4 Å². The maximum atomic E-state index is 14.7. The minimum atomic E-state index is -1.18. The highest BCUT2D eigenvalue weighted by atomic mass is 16.5. The molecule has 3 fully saturated rings. The van der Waals surface area contributed by atoms with Crippen LogP contribution in [-0.4, -0.2) is 88.3 Å². The summed E-state index contributed by atoms with van der Waals surface area (Å²) in [4.78, 5) is 49.0. The molecule has 1 aromatic carbocycles. The molecule has 1 aromatic rings. The van der Waals surface area contributed by atoms with Crippen LogP contribution in [0, 0.1) is 17.8 Å². The molecule has 1 spiro atoms. The number of benzene rings is 1. The number of ether oxygens (including phenoxy) is 2. The summed E-state index contributed by atoms with van der Waals surface area (Å²) in [5.74, 6) is -1.86. The highest BCUT2D eigenvalue weighted by Crippen LogP contribution is 2.64. The van der Waals surface area contributed by atoms with Gasteiger partial charge in [-0.15, -0.1) is 13.2 Å². The maximum absolute atomic E-state index is 14.7. The zero-order chi connectivity index (χ0) is 32.4. The fourth-order valence-corrected chi connectivity index (χ4v) is 7.86. The summed E-state index contributed by atoms with van der Waals surface area (Å²) in [5, 5.41) is 10.6. The molecule has 3 heterocycles. The Bertz CT molecular complexity index is 1230. The molecule has 7 atom stereocenters. The number of hydrogen-bond donors (Lipinski definition) is 1. The van der Waals surface area contributed by atoms with Crippen molar-refractivity contribution in [3.63, 3.8) is 0 Å². The van der Waals surface area contributed by atoms with Crippen molar-refractivity contribution in [1.29, 1.82) is 0 Å². The highest BCUT2D eigenvalue weighted by molar-refractivity contribution is 6.03. The first kappa shape index (κ1) is 33.7. The van der Waals surface area contributed by atoms with E-state index in [9.17, 15) is 19.5 Å². The summed E-state index contributed by atoms with van der Waals surface area (Å²) in [7, 11) is 0. The van der Waals surface area contributed by atoms with Crippen LogP contribution in [0.1, 0.15) is 67.2 Å². The molecule has 3 saturated heterocycles. The number of carbonyl (C=O) groups excluding carboxylic acids is 3. The van der Waals surface area contributed by atoms with E-state index in [1.807, 2.05) is 58.9 Å². The summed E-state index contributed by atoms with van der Waals surface area (Å²) in [6.45, 7) is 20.3. The van der Waals surface area contributed by atoms with Crippen molar-refractivity contribution >= 4 is 23.4 Å². The third-order valence-electron chi connectivity index (χ3n) is 9.91. The molecule has 0 aromatic heterocycles. The smallest absolute Gasteiger partial charge is 0.248 e. The third-order valence-corrected chi connectivity index (χ3v) is 9.91. The van der Waals surface area contributed by atoms with E-state index in [0.717, 1.165) is 12.8 Å². The van der Waals surface area contributed by atoms with Gasteiger partial charge in [-0.1, -0.05) is 39.3 Å². The first-order valence-electron chi connectivity index (χ1n) is 16.2. The molecule has 3 aliphatic heterocycles. The minimum absolute atomic E-state index is 0.0844. The maximum Gasteiger partial charge on any atom is 0.248 e. The van der Waals surface area contributed by atoms with Gasteiger partial charge in [-0.3, -0.25) is 14.4 Å². The minimum Gasteiger partial charge on any atom is -0.494 e. The van der Waals surface area contributed by atoms with Crippen molar-refractivity contribution in [3.05, 3.63) is 49.6 Å². The Morgan fingerprint density at radius 2 is 1.77 bits per heavy atom. The van der Waals surface area contributed by atoms with Gasteiger partial charge in [0, 0.05) is 24.8 Å². The molecule has 242 valence electrons. The monoisotopic (exact) mass is 609 g/mol. The first-order chi connectivity index (χ1) is 21.0. The lowest BCUT2D eigenvalue weighted by atomic mass is 9.66. The van der Waals surface area contributed by atoms with Crippen LogP contribution >= 0.6 is 0 Å². The quantitative estimate of drug-likeness (QED) is 0.292. The molecule has 0 radical (unpaired) electrons. The molecular weight excluding hydrogens is 558 g/mol. The Kier molecular flexibility index (Phi) is 10.3. The second-order valence-corrected chi connectivity index (χ2v) is 13.0. The van der Waals surface area contributed by atoms with Gasteiger partial charge in [0.25, 0.3) is 0 Å². The lowest BCUT2D eigenvalue weighted by Gasteiger charge is -2.42. The van der Waals surface area contributed by atoms with E-state index in [1.165, 1.54) is 0 Å². The highest BCUT2D eigenvalue weighted by Gasteiger charge is 2.79. The van der Waals surface area contributed by atoms with Crippen molar-refractivity contribution in [3.8, 4) is 5.75 Å². The van der Waals surface area contributed by atoms with E-state index in [1.54, 1.807) is 26.9 Å². The number of hydrogen-bond acceptors (Lipinski definition) is 6. The van der Waals surface area contributed by atoms with Crippen LogP contribution in [0.25, 0.3) is 0 Å². The second kappa shape index (κ2) is 13.4. The number of aliphatic hydroxyl groups is 1. The SMILES string of the molecule is C=CCN(C(=O)[C@H]1[C@H]2C(=O)N([C@@H](CO)C(C)C)C(C(=O)N(CC=C)C(C)CCC)C23CC[C@]1(C)O3)c1ccc(OCC)cc1. The van der Waals surface area contributed by atoms with Crippen molar-refractivity contribution in [1.82, 2.24) is 9.80 Å². The molecule has 0 aliphatic carbocycles. The number of carbonyl (C=O) groups is 3. The summed E-state index contributed by atoms with van der Waals surface area (Å²) < 4.78 is 12.5. The van der Waals surface area contributed by atoms with Gasteiger partial charge in [0.15, 0.2) is 0 Å². The Hall–Kier alpha value is -3.17. The van der Waals surface area contributed by atoms with Crippen LogP contribution in [0.4, 0.5) is 5.69 Å². The Labute approximate surface area is 262 Å². The standard InChI is InChI=1S/C35H51N3O6/c1-9-13-24(7)36(20-10-2)33(42)30-35-19-18-34(8,44-35)28(29(35)32(41)38(30)27(22-39)23(5)6)31(40)37(21-11-3)25-14-16-26(17-15-25)43-12-4/h10-11,14-17,23-24,27-30,39H,2-3,9,12-13,18-22H2,1,4-8H3/t24?,27-,28+,29-,30?,34-,35?/m0/s1. The normalized spacial score (nSPS) is 28.5. The van der Waals surface area contributed by atoms with E-state index in [-0.39, 0.29) is 42.8 Å². The average Bonchev–Trinajstić information content (AvgIpc) is 3.56. The summed E-state index contributed by atoms with van der Waals surface area (Å²) in [6.07, 6.45) is 6.07. The van der Waals surface area contributed by atoms with Crippen LogP contribution in [0.5, 0.6) is 5.75 Å². The number of aliphatic hydroxyl groups excluding tert-OH is 1. The molecule has 3 unspecified atom stereocenters. The van der Waals surface area contributed by atoms with E-state index in [4.69, 9.17) is 9.47 Å². The lowest BCUT2D eigenvalue weighted by Crippen LogP contribution is -2.60. The van der Waals surface area contributed by atoms with Crippen molar-refractivity contribution in [2.45, 2.75) is 96.6 Å². The molecule has 4 rings (SSSR count). The van der Waals surface area contributed by atoms with Gasteiger partial charge in [-0.2, -0.15) is 0 Å². The van der Waals surface area contributed by atoms with Crippen LogP contribution in [-0.2, 0) is 19.1 Å². The van der Waals surface area contributed by atoms with Gasteiger partial charge < -0.3 is 29.3 Å². The Morgan fingerprint density at radius 1 is 1.11 bits per heavy atom. The molecular formula is C35H51N3O6. The zero-order valence-electron chi connectivity index (χ0n) is 27.3. The first-order valence-corrected chi connectivity index (χ1v) is 16.2. The fraction of sp³-hybridized carbons (Fsp3) is 0.629. The zero-order valence-corrected chi connectivity index (χ0v) is 27.3. The number of nitrogens with zero attached hydrogens (tertiary/aromatic N) is 3. The van der Waals surface area contributed by atoms with E-state index < -0.39 is 35.1 Å². The molecule has 3 amide bonds. The molecule has 0 saturated carbocycles. The Balaban J connectivity index is 1.82. The van der Waals surface area contributed by atoms with Gasteiger partial charge in [0.1, 0.15) is 17.4 Å². The Morgan fingerprint density at radius 3 is 2.32 bits per heavy atom. The molecule has 1 N–H and O–H groups in total. The fourth-order valence-electron chi connectivity index (χ4n) is 7.86. The van der Waals surface area contributed by atoms with Gasteiger partial charge in [-0.05, 0) is 70.2 Å². The van der Waals surface area contributed by atoms with Crippen molar-refractivity contribution in [2.24, 2.45) is 17.8 Å². The lowest BCUT2D eigenvalue weighted by molar-refractivity contribution is -0.157. The molecule has 3 aliphatic rings. The number of rotatable bonds is 15. The number of likely N-dealkylation sites (tertiary alicyclic amines) is 1. The number of amides is 3. The average molecular weight is 610 g/mol. The molecule has 9 nitrogen and oxygen atoms in total. The van der Waals surface area contributed by atoms with Gasteiger partial charge in [0.2, 0.25) is 17.7 Å². The predicted molar refractivity (Wildman–Crippen MR) is 171 cm³/mol. The van der Waals surface area contributed by atoms with Gasteiger partial charge in [-0.25, -0.2) is 0 Å². The molecule has 44 heavy (non-hydrogen) atoms. The van der Waals surface area contributed by atoms with E-state index in [2.05, 4.69) is 20.1 Å². The van der Waals surface area contributed by atoms with Crippen molar-refractivity contribution < 1.29 is 29.0 Å². The summed E-state index contributed by atoms with van der Waals surface area (Å²) in [6, 6.07) is 5.65. The molecule has 2 bridgehead atoms. The molecule has 9 heteroatoms. The number of fused-ring (bicyclic) bond motifs is 1. The van der Waals surface area contributed by atoms with Crippen LogP contribution in [0.2, 0.25) is 0 Å². The van der Waals surface area contributed by atoms with E-state index >= 15 is 0 Å². The third kappa shape index (κ3) is 5.58. The largest absolute Gasteiger partial charge is 0.494 e.